The van der Waals surface area contributed by atoms with Crippen LogP contribution in [0.2, 0.25) is 5.02 Å². The highest BCUT2D eigenvalue weighted by Crippen LogP contribution is 2.37. The molecule has 0 atom stereocenters. The fourth-order valence-electron chi connectivity index (χ4n) is 2.30. The molecule has 0 unspecified atom stereocenters. The number of halogens is 1. The van der Waals surface area contributed by atoms with Crippen molar-refractivity contribution in [2.45, 2.75) is 26.9 Å². The van der Waals surface area contributed by atoms with Gasteiger partial charge in [0.2, 0.25) is 5.13 Å². The van der Waals surface area contributed by atoms with Gasteiger partial charge in [-0.3, -0.25) is 5.43 Å². The topological polar surface area (TPSA) is 55.7 Å². The molecule has 8 heteroatoms. The van der Waals surface area contributed by atoms with Crippen LogP contribution < -0.4 is 14.9 Å². The molecule has 0 amide bonds. The van der Waals surface area contributed by atoms with Gasteiger partial charge in [-0.25, -0.2) is 4.98 Å². The lowest BCUT2D eigenvalue weighted by Crippen LogP contribution is -2.08. The van der Waals surface area contributed by atoms with Crippen LogP contribution in [0.15, 0.2) is 40.1 Å². The Morgan fingerprint density at radius 1 is 1.33 bits per heavy atom. The number of aromatic nitrogens is 1. The molecule has 3 rings (SSSR count). The molecule has 1 aromatic carbocycles. The first-order valence-electron chi connectivity index (χ1n) is 8.48. The molecule has 0 aliphatic carbocycles. The van der Waals surface area contributed by atoms with Crippen LogP contribution in [0, 0.1) is 0 Å². The minimum atomic E-state index is 0.00494. The number of hydrogen-bond donors (Lipinski definition) is 1. The Labute approximate surface area is 171 Å². The molecule has 0 aliphatic heterocycles. The van der Waals surface area contributed by atoms with Crippen LogP contribution in [-0.2, 0) is 0 Å². The highest BCUT2D eigenvalue weighted by Gasteiger charge is 2.13. The molecule has 0 saturated carbocycles. The molecule has 142 valence electrons. The van der Waals surface area contributed by atoms with Gasteiger partial charge in [-0.2, -0.15) is 5.10 Å². The van der Waals surface area contributed by atoms with E-state index in [1.165, 1.54) is 11.3 Å². The summed E-state index contributed by atoms with van der Waals surface area (Å²) in [6.45, 7) is 6.34. The van der Waals surface area contributed by atoms with Crippen molar-refractivity contribution < 1.29 is 9.47 Å². The summed E-state index contributed by atoms with van der Waals surface area (Å²) in [5, 5.41) is 9.52. The second-order valence-corrected chi connectivity index (χ2v) is 8.03. The van der Waals surface area contributed by atoms with Gasteiger partial charge in [-0.1, -0.05) is 17.7 Å². The maximum Gasteiger partial charge on any atom is 0.203 e. The Hall–Kier alpha value is -2.09. The molecule has 0 bridgehead atoms. The van der Waals surface area contributed by atoms with E-state index < -0.39 is 0 Å². The number of hydrogen-bond acceptors (Lipinski definition) is 7. The average molecular weight is 422 g/mol. The Bertz CT molecular complexity index is 908. The molecule has 0 saturated heterocycles. The summed E-state index contributed by atoms with van der Waals surface area (Å²) < 4.78 is 11.4. The molecule has 27 heavy (non-hydrogen) atoms. The number of ether oxygens (including phenoxy) is 2. The summed E-state index contributed by atoms with van der Waals surface area (Å²) in [4.78, 5) is 5.66. The number of nitrogens with one attached hydrogen (secondary N) is 1. The first-order valence-corrected chi connectivity index (χ1v) is 10.6. The molecule has 0 radical (unpaired) electrons. The van der Waals surface area contributed by atoms with Crippen molar-refractivity contribution in [1.82, 2.24) is 4.98 Å². The van der Waals surface area contributed by atoms with Crippen LogP contribution in [0.25, 0.3) is 10.6 Å². The van der Waals surface area contributed by atoms with Crippen molar-refractivity contribution in [3.05, 3.63) is 45.6 Å². The van der Waals surface area contributed by atoms with Crippen LogP contribution >= 0.6 is 34.3 Å². The maximum absolute atomic E-state index is 6.37. The fourth-order valence-corrected chi connectivity index (χ4v) is 3.98. The first-order chi connectivity index (χ1) is 13.1. The zero-order valence-electron chi connectivity index (χ0n) is 15.2. The summed E-state index contributed by atoms with van der Waals surface area (Å²) in [5.41, 5.74) is 4.72. The molecule has 0 spiro atoms. The third-order valence-corrected chi connectivity index (χ3v) is 5.26. The number of benzene rings is 1. The van der Waals surface area contributed by atoms with Crippen molar-refractivity contribution in [3.8, 4) is 22.1 Å². The number of hydrazone groups is 1. The summed E-state index contributed by atoms with van der Waals surface area (Å²) in [6.07, 6.45) is 1.69. The van der Waals surface area contributed by atoms with E-state index in [-0.39, 0.29) is 6.10 Å². The summed E-state index contributed by atoms with van der Waals surface area (Å²) in [5.74, 6) is 1.16. The number of thiophene rings is 1. The van der Waals surface area contributed by atoms with E-state index in [1.807, 2.05) is 49.7 Å². The standard InChI is InChI=1S/C19H20ClN3O2S2/c1-4-24-16-9-13(8-14(20)18(16)25-12(2)3)10-21-23-19-22-15(11-27-19)17-6-5-7-26-17/h5-12H,4H2,1-3H3,(H,22,23)/b21-10-. The molecule has 0 aliphatic rings. The summed E-state index contributed by atoms with van der Waals surface area (Å²) in [6, 6.07) is 7.71. The molecule has 2 aromatic heterocycles. The Morgan fingerprint density at radius 3 is 2.89 bits per heavy atom. The largest absolute Gasteiger partial charge is 0.490 e. The van der Waals surface area contributed by atoms with E-state index in [4.69, 9.17) is 21.1 Å². The van der Waals surface area contributed by atoms with Gasteiger partial charge in [0.05, 0.1) is 34.5 Å². The Balaban J connectivity index is 1.73. The number of thiazole rings is 1. The second kappa shape index (κ2) is 9.21. The third-order valence-electron chi connectivity index (χ3n) is 3.34. The van der Waals surface area contributed by atoms with E-state index in [9.17, 15) is 0 Å². The van der Waals surface area contributed by atoms with Gasteiger partial charge in [0.25, 0.3) is 0 Å². The Morgan fingerprint density at radius 2 is 2.19 bits per heavy atom. The van der Waals surface area contributed by atoms with Crippen LogP contribution in [0.5, 0.6) is 11.5 Å². The lowest BCUT2D eigenvalue weighted by atomic mass is 10.2. The summed E-state index contributed by atoms with van der Waals surface area (Å²) in [7, 11) is 0. The third kappa shape index (κ3) is 5.22. The normalized spacial score (nSPS) is 11.3. The molecule has 5 nitrogen and oxygen atoms in total. The van der Waals surface area contributed by atoms with Gasteiger partial charge < -0.3 is 9.47 Å². The van der Waals surface area contributed by atoms with Gasteiger partial charge in [0.15, 0.2) is 11.5 Å². The predicted octanol–water partition coefficient (Wildman–Crippen LogP) is 6.16. The van der Waals surface area contributed by atoms with Crippen LogP contribution in [0.4, 0.5) is 5.13 Å². The van der Waals surface area contributed by atoms with Gasteiger partial charge in [-0.15, -0.1) is 22.7 Å². The zero-order valence-corrected chi connectivity index (χ0v) is 17.6. The minimum Gasteiger partial charge on any atom is -0.490 e. The van der Waals surface area contributed by atoms with Gasteiger partial charge in [0, 0.05) is 5.38 Å². The van der Waals surface area contributed by atoms with Crippen molar-refractivity contribution in [2.24, 2.45) is 5.10 Å². The van der Waals surface area contributed by atoms with E-state index in [2.05, 4.69) is 15.5 Å². The first kappa shape index (κ1) is 19.7. The number of rotatable bonds is 8. The lowest BCUT2D eigenvalue weighted by molar-refractivity contribution is 0.224. The highest BCUT2D eigenvalue weighted by atomic mass is 35.5. The minimum absolute atomic E-state index is 0.00494. The van der Waals surface area contributed by atoms with Crippen LogP contribution in [-0.4, -0.2) is 23.9 Å². The quantitative estimate of drug-likeness (QED) is 0.349. The molecule has 2 heterocycles. The molecule has 3 aromatic rings. The molecule has 1 N–H and O–H groups in total. The smallest absolute Gasteiger partial charge is 0.203 e. The van der Waals surface area contributed by atoms with E-state index >= 15 is 0 Å². The van der Waals surface area contributed by atoms with E-state index in [0.29, 0.717) is 23.1 Å². The van der Waals surface area contributed by atoms with Crippen LogP contribution in [0.1, 0.15) is 26.3 Å². The van der Waals surface area contributed by atoms with Gasteiger partial charge >= 0.3 is 0 Å². The molecular weight excluding hydrogens is 402 g/mol. The Kier molecular flexibility index (Phi) is 6.71. The van der Waals surface area contributed by atoms with E-state index in [1.54, 1.807) is 23.6 Å². The monoisotopic (exact) mass is 421 g/mol. The molecular formula is C19H20ClN3O2S2. The van der Waals surface area contributed by atoms with Crippen molar-refractivity contribution in [3.63, 3.8) is 0 Å². The SMILES string of the molecule is CCOc1cc(/C=N\Nc2nc(-c3cccs3)cs2)cc(Cl)c1OC(C)C. The van der Waals surface area contributed by atoms with Gasteiger partial charge in [-0.05, 0) is 49.9 Å². The fraction of sp³-hybridized carbons (Fsp3) is 0.263. The maximum atomic E-state index is 6.37. The second-order valence-electron chi connectivity index (χ2n) is 5.81. The summed E-state index contributed by atoms with van der Waals surface area (Å²) >= 11 is 9.54. The highest BCUT2D eigenvalue weighted by molar-refractivity contribution is 7.15. The van der Waals surface area contributed by atoms with Crippen molar-refractivity contribution >= 4 is 45.6 Å². The lowest BCUT2D eigenvalue weighted by Gasteiger charge is -2.16. The predicted molar refractivity (Wildman–Crippen MR) is 115 cm³/mol. The van der Waals surface area contributed by atoms with Crippen molar-refractivity contribution in [1.29, 1.82) is 0 Å². The van der Waals surface area contributed by atoms with E-state index in [0.717, 1.165) is 21.3 Å². The van der Waals surface area contributed by atoms with Crippen molar-refractivity contribution in [2.75, 3.05) is 12.0 Å². The average Bonchev–Trinajstić information content (AvgIpc) is 3.29. The number of anilines is 1. The zero-order chi connectivity index (χ0) is 19.2. The van der Waals surface area contributed by atoms with Crippen LogP contribution in [0.3, 0.4) is 0 Å². The van der Waals surface area contributed by atoms with Gasteiger partial charge in [0.1, 0.15) is 0 Å². The molecule has 0 fully saturated rings. The number of nitrogens with zero attached hydrogens (tertiary/aromatic N) is 2.